The second kappa shape index (κ2) is 5.30. The van der Waals surface area contributed by atoms with Gasteiger partial charge < -0.3 is 10.1 Å². The molecule has 0 aliphatic rings. The van der Waals surface area contributed by atoms with Crippen molar-refractivity contribution in [1.29, 1.82) is 0 Å². The van der Waals surface area contributed by atoms with Gasteiger partial charge in [0.05, 0.1) is 6.20 Å². The van der Waals surface area contributed by atoms with Gasteiger partial charge >= 0.3 is 0 Å². The minimum absolute atomic E-state index is 0.101. The lowest BCUT2D eigenvalue weighted by atomic mass is 10.2. The lowest BCUT2D eigenvalue weighted by molar-refractivity contribution is 0.420. The molecule has 94 valence electrons. The highest BCUT2D eigenvalue weighted by atomic mass is 79.9. The average molecular weight is 312 g/mol. The summed E-state index contributed by atoms with van der Waals surface area (Å²) >= 11 is 3.39. The van der Waals surface area contributed by atoms with Crippen LogP contribution in [0.15, 0.2) is 28.9 Å². The molecule has 6 heteroatoms. The van der Waals surface area contributed by atoms with Crippen molar-refractivity contribution in [3.05, 3.63) is 40.2 Å². The van der Waals surface area contributed by atoms with Crippen molar-refractivity contribution in [1.82, 2.24) is 9.97 Å². The summed E-state index contributed by atoms with van der Waals surface area (Å²) in [4.78, 5) is 7.65. The van der Waals surface area contributed by atoms with Crippen molar-refractivity contribution in [3.63, 3.8) is 0 Å². The number of rotatable bonds is 3. The van der Waals surface area contributed by atoms with Crippen LogP contribution >= 0.6 is 15.9 Å². The molecule has 1 aromatic heterocycles. The second-order valence-electron chi connectivity index (χ2n) is 3.61. The molecule has 0 bridgehead atoms. The smallest absolute Gasteiger partial charge is 0.260 e. The molecule has 0 fully saturated rings. The minimum Gasteiger partial charge on any atom is -0.436 e. The Balaban J connectivity index is 2.30. The monoisotopic (exact) mass is 311 g/mol. The Bertz CT molecular complexity index is 577. The van der Waals surface area contributed by atoms with Gasteiger partial charge in [0.2, 0.25) is 11.8 Å². The first-order valence-electron chi connectivity index (χ1n) is 5.24. The Labute approximate surface area is 112 Å². The molecule has 0 aliphatic carbocycles. The summed E-state index contributed by atoms with van der Waals surface area (Å²) < 4.78 is 19.9. The zero-order valence-corrected chi connectivity index (χ0v) is 11.5. The Morgan fingerprint density at radius 1 is 1.39 bits per heavy atom. The first-order chi connectivity index (χ1) is 8.60. The molecule has 0 saturated heterocycles. The first-order valence-corrected chi connectivity index (χ1v) is 6.03. The fraction of sp³-hybridized carbons (Fsp3) is 0.167. The van der Waals surface area contributed by atoms with Crippen molar-refractivity contribution in [2.24, 2.45) is 0 Å². The van der Waals surface area contributed by atoms with E-state index < -0.39 is 5.82 Å². The van der Waals surface area contributed by atoms with Crippen molar-refractivity contribution in [3.8, 4) is 11.6 Å². The topological polar surface area (TPSA) is 47.0 Å². The second-order valence-corrected chi connectivity index (χ2v) is 4.46. The van der Waals surface area contributed by atoms with Gasteiger partial charge in [-0.2, -0.15) is 9.37 Å². The SMILES string of the molecule is CNc1ncc(F)c(Oc2ccc(Br)c(C)c2)n1. The van der Waals surface area contributed by atoms with Crippen molar-refractivity contribution < 1.29 is 9.13 Å². The van der Waals surface area contributed by atoms with E-state index in [1.165, 1.54) is 0 Å². The van der Waals surface area contributed by atoms with Gasteiger partial charge in [-0.05, 0) is 30.7 Å². The average Bonchev–Trinajstić information content (AvgIpc) is 2.36. The third-order valence-corrected chi connectivity index (χ3v) is 3.17. The number of aryl methyl sites for hydroxylation is 1. The van der Waals surface area contributed by atoms with E-state index in [1.807, 2.05) is 13.0 Å². The Morgan fingerprint density at radius 3 is 2.83 bits per heavy atom. The van der Waals surface area contributed by atoms with Crippen LogP contribution in [-0.4, -0.2) is 17.0 Å². The fourth-order valence-corrected chi connectivity index (χ4v) is 1.58. The molecule has 0 amide bonds. The molecular weight excluding hydrogens is 301 g/mol. The zero-order chi connectivity index (χ0) is 13.1. The Hall–Kier alpha value is -1.69. The summed E-state index contributed by atoms with van der Waals surface area (Å²) in [6.07, 6.45) is 1.07. The summed E-state index contributed by atoms with van der Waals surface area (Å²) in [6, 6.07) is 5.37. The molecule has 1 N–H and O–H groups in total. The highest BCUT2D eigenvalue weighted by Gasteiger charge is 2.09. The van der Waals surface area contributed by atoms with Gasteiger partial charge in [-0.25, -0.2) is 4.98 Å². The molecular formula is C12H11BrFN3O. The van der Waals surface area contributed by atoms with Crippen molar-refractivity contribution in [2.75, 3.05) is 12.4 Å². The quantitative estimate of drug-likeness (QED) is 0.942. The van der Waals surface area contributed by atoms with Crippen LogP contribution in [0, 0.1) is 12.7 Å². The number of anilines is 1. The zero-order valence-electron chi connectivity index (χ0n) is 9.87. The van der Waals surface area contributed by atoms with Crippen LogP contribution in [0.1, 0.15) is 5.56 Å². The van der Waals surface area contributed by atoms with Crippen molar-refractivity contribution >= 4 is 21.9 Å². The molecule has 0 aliphatic heterocycles. The molecule has 0 saturated carbocycles. The van der Waals surface area contributed by atoms with E-state index in [0.717, 1.165) is 16.2 Å². The predicted octanol–water partition coefficient (Wildman–Crippen LogP) is 3.52. The molecule has 4 nitrogen and oxygen atoms in total. The van der Waals surface area contributed by atoms with Crippen LogP contribution in [0.25, 0.3) is 0 Å². The van der Waals surface area contributed by atoms with Gasteiger partial charge in [0.25, 0.3) is 5.88 Å². The van der Waals surface area contributed by atoms with E-state index in [9.17, 15) is 4.39 Å². The van der Waals surface area contributed by atoms with Gasteiger partial charge in [0.1, 0.15) is 5.75 Å². The van der Waals surface area contributed by atoms with Crippen LogP contribution in [0.3, 0.4) is 0 Å². The number of nitrogens with one attached hydrogen (secondary N) is 1. The van der Waals surface area contributed by atoms with Crippen LogP contribution in [0.5, 0.6) is 11.6 Å². The highest BCUT2D eigenvalue weighted by Crippen LogP contribution is 2.26. The van der Waals surface area contributed by atoms with Gasteiger partial charge in [-0.1, -0.05) is 15.9 Å². The number of ether oxygens (including phenoxy) is 1. The van der Waals surface area contributed by atoms with Crippen LogP contribution in [0.4, 0.5) is 10.3 Å². The minimum atomic E-state index is -0.602. The van der Waals surface area contributed by atoms with Gasteiger partial charge in [0, 0.05) is 11.5 Å². The molecule has 0 unspecified atom stereocenters. The molecule has 18 heavy (non-hydrogen) atoms. The van der Waals surface area contributed by atoms with Crippen LogP contribution in [-0.2, 0) is 0 Å². The highest BCUT2D eigenvalue weighted by molar-refractivity contribution is 9.10. The van der Waals surface area contributed by atoms with E-state index in [1.54, 1.807) is 19.2 Å². The van der Waals surface area contributed by atoms with E-state index in [0.29, 0.717) is 11.7 Å². The maximum absolute atomic E-state index is 13.5. The van der Waals surface area contributed by atoms with Gasteiger partial charge in [-0.3, -0.25) is 0 Å². The number of nitrogens with zero attached hydrogens (tertiary/aromatic N) is 2. The molecule has 0 atom stereocenters. The van der Waals surface area contributed by atoms with E-state index in [2.05, 4.69) is 31.2 Å². The molecule has 1 heterocycles. The summed E-state index contributed by atoms with van der Waals surface area (Å²) in [6.45, 7) is 1.92. The normalized spacial score (nSPS) is 10.2. The van der Waals surface area contributed by atoms with Crippen LogP contribution in [0.2, 0.25) is 0 Å². The summed E-state index contributed by atoms with van der Waals surface area (Å²) in [7, 11) is 1.65. The molecule has 2 rings (SSSR count). The maximum atomic E-state index is 13.5. The number of benzene rings is 1. The molecule has 1 aromatic carbocycles. The molecule has 2 aromatic rings. The number of hydrogen-bond acceptors (Lipinski definition) is 4. The van der Waals surface area contributed by atoms with E-state index in [4.69, 9.17) is 4.74 Å². The maximum Gasteiger partial charge on any atom is 0.260 e. The third kappa shape index (κ3) is 2.76. The summed E-state index contributed by atoms with van der Waals surface area (Å²) in [5, 5.41) is 2.72. The lowest BCUT2D eigenvalue weighted by Crippen LogP contribution is -2.00. The standard InChI is InChI=1S/C12H11BrFN3O/c1-7-5-8(3-4-9(7)13)18-11-10(14)6-16-12(15-2)17-11/h3-6H,1-2H3,(H,15,16,17). The number of halogens is 2. The van der Waals surface area contributed by atoms with Gasteiger partial charge in [-0.15, -0.1) is 0 Å². The number of aromatic nitrogens is 2. The first kappa shape index (κ1) is 12.8. The number of hydrogen-bond donors (Lipinski definition) is 1. The van der Waals surface area contributed by atoms with Crippen molar-refractivity contribution in [2.45, 2.75) is 6.92 Å². The Kier molecular flexibility index (Phi) is 3.76. The third-order valence-electron chi connectivity index (χ3n) is 2.28. The summed E-state index contributed by atoms with van der Waals surface area (Å²) in [5.74, 6) is 0.126. The molecule has 0 spiro atoms. The fourth-order valence-electron chi connectivity index (χ4n) is 1.34. The Morgan fingerprint density at radius 2 is 2.17 bits per heavy atom. The lowest BCUT2D eigenvalue weighted by Gasteiger charge is -2.08. The van der Waals surface area contributed by atoms with E-state index >= 15 is 0 Å². The van der Waals surface area contributed by atoms with E-state index in [-0.39, 0.29) is 5.88 Å². The molecule has 0 radical (unpaired) electrons. The van der Waals surface area contributed by atoms with Gasteiger partial charge in [0.15, 0.2) is 0 Å². The van der Waals surface area contributed by atoms with Crippen LogP contribution < -0.4 is 10.1 Å². The largest absolute Gasteiger partial charge is 0.436 e. The summed E-state index contributed by atoms with van der Waals surface area (Å²) in [5.41, 5.74) is 0.996. The predicted molar refractivity (Wildman–Crippen MR) is 70.5 cm³/mol.